The fraction of sp³-hybridized carbons (Fsp3) is 0.500. The second kappa shape index (κ2) is 4.83. The van der Waals surface area contributed by atoms with Gasteiger partial charge >= 0.3 is 0 Å². The number of Topliss-reactive ketones (excluding diaryl/α,β-unsaturated/α-hetero) is 1. The topological polar surface area (TPSA) is 70.8 Å². The third-order valence-corrected chi connectivity index (χ3v) is 3.64. The van der Waals surface area contributed by atoms with Crippen LogP contribution in [0.25, 0.3) is 0 Å². The summed E-state index contributed by atoms with van der Waals surface area (Å²) in [4.78, 5) is 12.5. The number of carbonyl (C=O) groups excluding carboxylic acids is 1. The maximum absolute atomic E-state index is 12.5. The minimum absolute atomic E-state index is 0.0484. The Morgan fingerprint density at radius 2 is 1.74 bits per heavy atom. The molecule has 2 aliphatic heterocycles. The minimum atomic E-state index is -0.817. The first-order valence-corrected chi connectivity index (χ1v) is 6.50. The van der Waals surface area contributed by atoms with Crippen molar-refractivity contribution in [2.24, 2.45) is 5.73 Å². The van der Waals surface area contributed by atoms with Crippen LogP contribution < -0.4 is 15.2 Å². The highest BCUT2D eigenvalue weighted by Crippen LogP contribution is 2.32. The van der Waals surface area contributed by atoms with E-state index in [1.807, 2.05) is 0 Å². The Morgan fingerprint density at radius 3 is 2.47 bits per heavy atom. The largest absolute Gasteiger partial charge is 0.486 e. The lowest BCUT2D eigenvalue weighted by Gasteiger charge is -2.32. The van der Waals surface area contributed by atoms with Gasteiger partial charge in [-0.2, -0.15) is 0 Å². The lowest BCUT2D eigenvalue weighted by molar-refractivity contribution is 0.0447. The van der Waals surface area contributed by atoms with Crippen LogP contribution in [0, 0.1) is 0 Å². The summed E-state index contributed by atoms with van der Waals surface area (Å²) in [5, 5.41) is 0. The van der Waals surface area contributed by atoms with Gasteiger partial charge in [-0.05, 0) is 31.0 Å². The van der Waals surface area contributed by atoms with E-state index in [4.69, 9.17) is 19.9 Å². The minimum Gasteiger partial charge on any atom is -0.486 e. The smallest absolute Gasteiger partial charge is 0.182 e. The van der Waals surface area contributed by atoms with Crippen LogP contribution in [0.15, 0.2) is 18.2 Å². The number of rotatable bonds is 2. The number of nitrogens with two attached hydrogens (primary N) is 1. The molecule has 0 atom stereocenters. The summed E-state index contributed by atoms with van der Waals surface area (Å²) in [6.45, 7) is 2.12. The summed E-state index contributed by atoms with van der Waals surface area (Å²) in [6, 6.07) is 5.24. The van der Waals surface area contributed by atoms with Gasteiger partial charge in [0.2, 0.25) is 0 Å². The zero-order chi connectivity index (χ0) is 13.3. The Morgan fingerprint density at radius 1 is 1.05 bits per heavy atom. The zero-order valence-corrected chi connectivity index (χ0v) is 10.7. The number of carbonyl (C=O) groups is 1. The molecule has 0 aliphatic carbocycles. The molecule has 1 saturated heterocycles. The quantitative estimate of drug-likeness (QED) is 0.810. The average Bonchev–Trinajstić information content (AvgIpc) is 2.47. The molecule has 19 heavy (non-hydrogen) atoms. The van der Waals surface area contributed by atoms with Crippen molar-refractivity contribution in [3.05, 3.63) is 23.8 Å². The molecule has 2 aliphatic rings. The molecule has 1 fully saturated rings. The van der Waals surface area contributed by atoms with Crippen molar-refractivity contribution in [1.82, 2.24) is 0 Å². The number of hydrogen-bond acceptors (Lipinski definition) is 5. The van der Waals surface area contributed by atoms with Crippen LogP contribution in [-0.2, 0) is 4.74 Å². The second-order valence-electron chi connectivity index (χ2n) is 4.96. The first-order chi connectivity index (χ1) is 9.19. The highest BCUT2D eigenvalue weighted by molar-refractivity contribution is 6.03. The summed E-state index contributed by atoms with van der Waals surface area (Å²) in [5.41, 5.74) is 5.97. The molecule has 0 aromatic heterocycles. The van der Waals surface area contributed by atoms with Crippen LogP contribution in [0.5, 0.6) is 11.5 Å². The average molecular weight is 263 g/mol. The summed E-state index contributed by atoms with van der Waals surface area (Å²) in [7, 11) is 0. The van der Waals surface area contributed by atoms with Gasteiger partial charge in [0, 0.05) is 18.8 Å². The first-order valence-electron chi connectivity index (χ1n) is 6.50. The van der Waals surface area contributed by atoms with E-state index in [2.05, 4.69) is 0 Å². The molecule has 0 spiro atoms. The number of hydrogen-bond donors (Lipinski definition) is 1. The van der Waals surface area contributed by atoms with E-state index in [-0.39, 0.29) is 5.78 Å². The fourth-order valence-electron chi connectivity index (χ4n) is 2.43. The van der Waals surface area contributed by atoms with Gasteiger partial charge in [0.1, 0.15) is 13.2 Å². The van der Waals surface area contributed by atoms with Crippen LogP contribution in [0.3, 0.4) is 0 Å². The van der Waals surface area contributed by atoms with E-state index in [0.717, 1.165) is 0 Å². The van der Waals surface area contributed by atoms with Crippen molar-refractivity contribution in [2.75, 3.05) is 26.4 Å². The molecule has 0 saturated carbocycles. The van der Waals surface area contributed by atoms with Crippen LogP contribution in [-0.4, -0.2) is 37.7 Å². The normalized spacial score (nSPS) is 20.9. The summed E-state index contributed by atoms with van der Waals surface area (Å²) < 4.78 is 16.2. The molecule has 5 heteroatoms. The van der Waals surface area contributed by atoms with E-state index >= 15 is 0 Å². The van der Waals surface area contributed by atoms with Crippen LogP contribution in [0.2, 0.25) is 0 Å². The van der Waals surface area contributed by atoms with Crippen molar-refractivity contribution in [1.29, 1.82) is 0 Å². The van der Waals surface area contributed by atoms with E-state index in [1.165, 1.54) is 0 Å². The first kappa shape index (κ1) is 12.4. The highest BCUT2D eigenvalue weighted by Gasteiger charge is 2.36. The van der Waals surface area contributed by atoms with Crippen molar-refractivity contribution in [3.8, 4) is 11.5 Å². The molecule has 0 radical (unpaired) electrons. The molecule has 0 unspecified atom stereocenters. The number of ketones is 1. The van der Waals surface area contributed by atoms with Crippen LogP contribution >= 0.6 is 0 Å². The van der Waals surface area contributed by atoms with Gasteiger partial charge in [0.05, 0.1) is 5.54 Å². The summed E-state index contributed by atoms with van der Waals surface area (Å²) in [5.74, 6) is 1.25. The summed E-state index contributed by atoms with van der Waals surface area (Å²) >= 11 is 0. The zero-order valence-electron chi connectivity index (χ0n) is 10.7. The van der Waals surface area contributed by atoms with Crippen molar-refractivity contribution in [2.45, 2.75) is 18.4 Å². The monoisotopic (exact) mass is 263 g/mol. The van der Waals surface area contributed by atoms with E-state index in [1.54, 1.807) is 18.2 Å². The molecule has 2 heterocycles. The molecule has 102 valence electrons. The van der Waals surface area contributed by atoms with E-state index in [9.17, 15) is 4.79 Å². The molecular weight excluding hydrogens is 246 g/mol. The molecule has 3 rings (SSSR count). The standard InChI is InChI=1S/C14H17NO4/c15-14(3-5-17-6-4-14)13(16)10-1-2-11-12(9-10)19-8-7-18-11/h1-2,9H,3-8,15H2. The predicted octanol–water partition coefficient (Wildman–Crippen LogP) is 1.15. The van der Waals surface area contributed by atoms with Gasteiger partial charge in [0.25, 0.3) is 0 Å². The van der Waals surface area contributed by atoms with Crippen LogP contribution in [0.1, 0.15) is 23.2 Å². The molecule has 0 bridgehead atoms. The van der Waals surface area contributed by atoms with Crippen molar-refractivity contribution < 1.29 is 19.0 Å². The van der Waals surface area contributed by atoms with Gasteiger partial charge in [-0.1, -0.05) is 0 Å². The Balaban J connectivity index is 1.87. The maximum atomic E-state index is 12.5. The number of ether oxygens (including phenoxy) is 3. The molecule has 5 nitrogen and oxygen atoms in total. The van der Waals surface area contributed by atoms with Gasteiger partial charge in [-0.3, -0.25) is 4.79 Å². The molecule has 1 aromatic carbocycles. The molecular formula is C14H17NO4. The summed E-state index contributed by atoms with van der Waals surface area (Å²) in [6.07, 6.45) is 1.11. The highest BCUT2D eigenvalue weighted by atomic mass is 16.6. The van der Waals surface area contributed by atoms with Gasteiger partial charge in [-0.15, -0.1) is 0 Å². The van der Waals surface area contributed by atoms with Gasteiger partial charge in [-0.25, -0.2) is 0 Å². The lowest BCUT2D eigenvalue weighted by atomic mass is 9.83. The SMILES string of the molecule is NC1(C(=O)c2ccc3c(c2)OCCO3)CCOCC1. The number of benzene rings is 1. The van der Waals surface area contributed by atoms with Crippen molar-refractivity contribution in [3.63, 3.8) is 0 Å². The maximum Gasteiger partial charge on any atom is 0.182 e. The predicted molar refractivity (Wildman–Crippen MR) is 68.7 cm³/mol. The molecule has 0 amide bonds. The van der Waals surface area contributed by atoms with E-state index in [0.29, 0.717) is 56.3 Å². The Labute approximate surface area is 111 Å². The van der Waals surface area contributed by atoms with Crippen molar-refractivity contribution >= 4 is 5.78 Å². The van der Waals surface area contributed by atoms with Crippen LogP contribution in [0.4, 0.5) is 0 Å². The third kappa shape index (κ3) is 2.31. The third-order valence-electron chi connectivity index (χ3n) is 3.64. The Hall–Kier alpha value is -1.59. The molecule has 2 N–H and O–H groups in total. The van der Waals surface area contributed by atoms with Gasteiger partial charge < -0.3 is 19.9 Å². The lowest BCUT2D eigenvalue weighted by Crippen LogP contribution is -2.51. The number of fused-ring (bicyclic) bond motifs is 1. The Bertz CT molecular complexity index is 494. The Kier molecular flexibility index (Phi) is 3.16. The second-order valence-corrected chi connectivity index (χ2v) is 4.96. The van der Waals surface area contributed by atoms with Gasteiger partial charge in [0.15, 0.2) is 17.3 Å². The molecule has 1 aromatic rings. The van der Waals surface area contributed by atoms with E-state index < -0.39 is 5.54 Å². The fourth-order valence-corrected chi connectivity index (χ4v) is 2.43.